The molecule has 0 N–H and O–H groups in total. The van der Waals surface area contributed by atoms with Crippen LogP contribution in [0.1, 0.15) is 35.0 Å². The van der Waals surface area contributed by atoms with Crippen molar-refractivity contribution < 1.29 is 13.7 Å². The molecule has 0 unspecified atom stereocenters. The Morgan fingerprint density at radius 2 is 2.04 bits per heavy atom. The van der Waals surface area contributed by atoms with Gasteiger partial charge >= 0.3 is 0 Å². The summed E-state index contributed by atoms with van der Waals surface area (Å²) in [6.07, 6.45) is 0. The molecule has 2 aromatic rings. The average Bonchev–Trinajstić information content (AvgIpc) is 3.00. The number of aryl methyl sites for hydroxylation is 1. The SMILES string of the molecule is Cc1nc(C(=O)N2CCN([C@H](C)c3cccc(F)c3)CC2)no1. The number of aromatic nitrogens is 2. The molecule has 6 nitrogen and oxygen atoms in total. The maximum absolute atomic E-state index is 13.4. The molecule has 1 aromatic heterocycles. The van der Waals surface area contributed by atoms with Gasteiger partial charge in [-0.1, -0.05) is 17.3 Å². The highest BCUT2D eigenvalue weighted by Crippen LogP contribution is 2.22. The van der Waals surface area contributed by atoms with Gasteiger partial charge in [0.05, 0.1) is 0 Å². The maximum Gasteiger partial charge on any atom is 0.295 e. The van der Waals surface area contributed by atoms with E-state index < -0.39 is 0 Å². The van der Waals surface area contributed by atoms with E-state index in [1.165, 1.54) is 6.07 Å². The molecule has 0 spiro atoms. The number of amides is 1. The fourth-order valence-electron chi connectivity index (χ4n) is 2.82. The normalized spacial score (nSPS) is 17.3. The molecule has 0 radical (unpaired) electrons. The summed E-state index contributed by atoms with van der Waals surface area (Å²) in [5, 5.41) is 3.67. The fraction of sp³-hybridized carbons (Fsp3) is 0.438. The Balaban J connectivity index is 1.61. The molecule has 1 aromatic carbocycles. The predicted octanol–water partition coefficient (Wildman–Crippen LogP) is 2.04. The molecular weight excluding hydrogens is 299 g/mol. The van der Waals surface area contributed by atoms with Crippen LogP contribution < -0.4 is 0 Å². The number of nitrogens with zero attached hydrogens (tertiary/aromatic N) is 4. The van der Waals surface area contributed by atoms with Gasteiger partial charge in [-0.15, -0.1) is 0 Å². The number of rotatable bonds is 3. The number of piperazine rings is 1. The number of carbonyl (C=O) groups is 1. The lowest BCUT2D eigenvalue weighted by molar-refractivity contribution is 0.0567. The number of hydrogen-bond acceptors (Lipinski definition) is 5. The van der Waals surface area contributed by atoms with Crippen LogP contribution in [0.2, 0.25) is 0 Å². The van der Waals surface area contributed by atoms with E-state index in [1.54, 1.807) is 24.0 Å². The lowest BCUT2D eigenvalue weighted by atomic mass is 10.1. The third-order valence-corrected chi connectivity index (χ3v) is 4.20. The van der Waals surface area contributed by atoms with Crippen molar-refractivity contribution in [1.82, 2.24) is 19.9 Å². The summed E-state index contributed by atoms with van der Waals surface area (Å²) in [5.74, 6) is 0.0522. The lowest BCUT2D eigenvalue weighted by Gasteiger charge is -2.37. The highest BCUT2D eigenvalue weighted by Gasteiger charge is 2.27. The first-order valence-electron chi connectivity index (χ1n) is 7.63. The van der Waals surface area contributed by atoms with E-state index in [9.17, 15) is 9.18 Å². The van der Waals surface area contributed by atoms with Crippen LogP contribution in [0.3, 0.4) is 0 Å². The number of halogens is 1. The van der Waals surface area contributed by atoms with Crippen LogP contribution in [0, 0.1) is 12.7 Å². The van der Waals surface area contributed by atoms with Gasteiger partial charge in [-0.05, 0) is 24.6 Å². The van der Waals surface area contributed by atoms with Crippen LogP contribution in [0.15, 0.2) is 28.8 Å². The van der Waals surface area contributed by atoms with Gasteiger partial charge in [0.15, 0.2) is 0 Å². The molecule has 1 amide bonds. The Morgan fingerprint density at radius 1 is 1.30 bits per heavy atom. The van der Waals surface area contributed by atoms with Gasteiger partial charge in [-0.3, -0.25) is 9.69 Å². The smallest absolute Gasteiger partial charge is 0.295 e. The monoisotopic (exact) mass is 318 g/mol. The Kier molecular flexibility index (Phi) is 4.38. The number of hydrogen-bond donors (Lipinski definition) is 0. The number of benzene rings is 1. The first kappa shape index (κ1) is 15.6. The van der Waals surface area contributed by atoms with Gasteiger partial charge in [0, 0.05) is 39.1 Å². The largest absolute Gasteiger partial charge is 0.339 e. The summed E-state index contributed by atoms with van der Waals surface area (Å²) in [7, 11) is 0. The summed E-state index contributed by atoms with van der Waals surface area (Å²) in [6.45, 7) is 6.33. The summed E-state index contributed by atoms with van der Waals surface area (Å²) in [4.78, 5) is 20.2. The van der Waals surface area contributed by atoms with Crippen molar-refractivity contribution in [3.05, 3.63) is 47.4 Å². The minimum absolute atomic E-state index is 0.106. The molecule has 0 saturated carbocycles. The van der Waals surface area contributed by atoms with E-state index in [-0.39, 0.29) is 23.6 Å². The van der Waals surface area contributed by atoms with Gasteiger partial charge in [0.25, 0.3) is 11.7 Å². The van der Waals surface area contributed by atoms with Gasteiger partial charge in [-0.25, -0.2) is 4.39 Å². The first-order chi connectivity index (χ1) is 11.0. The van der Waals surface area contributed by atoms with E-state index in [2.05, 4.69) is 22.0 Å². The summed E-state index contributed by atoms with van der Waals surface area (Å²) >= 11 is 0. The second kappa shape index (κ2) is 6.45. The molecular formula is C16H19FN4O2. The second-order valence-corrected chi connectivity index (χ2v) is 5.70. The maximum atomic E-state index is 13.4. The van der Waals surface area contributed by atoms with Crippen LogP contribution >= 0.6 is 0 Å². The number of carbonyl (C=O) groups excluding carboxylic acids is 1. The zero-order chi connectivity index (χ0) is 16.4. The molecule has 1 fully saturated rings. The minimum Gasteiger partial charge on any atom is -0.339 e. The van der Waals surface area contributed by atoms with Crippen molar-refractivity contribution >= 4 is 5.91 Å². The molecule has 7 heteroatoms. The van der Waals surface area contributed by atoms with E-state index >= 15 is 0 Å². The molecule has 2 heterocycles. The molecule has 1 saturated heterocycles. The average molecular weight is 318 g/mol. The van der Waals surface area contributed by atoms with Crippen molar-refractivity contribution in [2.75, 3.05) is 26.2 Å². The summed E-state index contributed by atoms with van der Waals surface area (Å²) < 4.78 is 18.2. The van der Waals surface area contributed by atoms with E-state index in [1.807, 2.05) is 6.07 Å². The third-order valence-electron chi connectivity index (χ3n) is 4.20. The van der Waals surface area contributed by atoms with Crippen molar-refractivity contribution in [1.29, 1.82) is 0 Å². The molecule has 1 atom stereocenters. The molecule has 3 rings (SSSR count). The van der Waals surface area contributed by atoms with Crippen molar-refractivity contribution in [2.24, 2.45) is 0 Å². The Bertz CT molecular complexity index is 695. The van der Waals surface area contributed by atoms with Crippen molar-refractivity contribution in [3.63, 3.8) is 0 Å². The van der Waals surface area contributed by atoms with Crippen LogP contribution in [0.25, 0.3) is 0 Å². The molecule has 23 heavy (non-hydrogen) atoms. The summed E-state index contributed by atoms with van der Waals surface area (Å²) in [5.41, 5.74) is 0.943. The Labute approximate surface area is 133 Å². The molecule has 1 aliphatic rings. The van der Waals surface area contributed by atoms with Crippen LogP contribution in [-0.4, -0.2) is 52.0 Å². The topological polar surface area (TPSA) is 62.5 Å². The van der Waals surface area contributed by atoms with Gasteiger partial charge in [-0.2, -0.15) is 4.98 Å². The van der Waals surface area contributed by atoms with Crippen molar-refractivity contribution in [2.45, 2.75) is 19.9 Å². The Hall–Kier alpha value is -2.28. The van der Waals surface area contributed by atoms with Gasteiger partial charge < -0.3 is 9.42 Å². The third kappa shape index (κ3) is 3.39. The zero-order valence-electron chi connectivity index (χ0n) is 13.2. The first-order valence-corrected chi connectivity index (χ1v) is 7.63. The van der Waals surface area contributed by atoms with Crippen LogP contribution in [-0.2, 0) is 0 Å². The van der Waals surface area contributed by atoms with Gasteiger partial charge in [0.2, 0.25) is 5.89 Å². The predicted molar refractivity (Wildman–Crippen MR) is 81.3 cm³/mol. The van der Waals surface area contributed by atoms with Crippen LogP contribution in [0.4, 0.5) is 4.39 Å². The molecule has 0 aliphatic carbocycles. The standard InChI is InChI=1S/C16H19FN4O2/c1-11(13-4-3-5-14(17)10-13)20-6-8-21(9-7-20)16(22)15-18-12(2)23-19-15/h3-5,10-11H,6-9H2,1-2H3/t11-/m1/s1. The van der Waals surface area contributed by atoms with E-state index in [4.69, 9.17) is 4.52 Å². The minimum atomic E-state index is -0.226. The van der Waals surface area contributed by atoms with Crippen molar-refractivity contribution in [3.8, 4) is 0 Å². The van der Waals surface area contributed by atoms with E-state index in [0.29, 0.717) is 19.0 Å². The quantitative estimate of drug-likeness (QED) is 0.866. The van der Waals surface area contributed by atoms with Crippen LogP contribution in [0.5, 0.6) is 0 Å². The zero-order valence-corrected chi connectivity index (χ0v) is 13.2. The summed E-state index contributed by atoms with van der Waals surface area (Å²) in [6, 6.07) is 6.76. The molecule has 122 valence electrons. The van der Waals surface area contributed by atoms with Gasteiger partial charge in [0.1, 0.15) is 5.82 Å². The second-order valence-electron chi connectivity index (χ2n) is 5.70. The van der Waals surface area contributed by atoms with E-state index in [0.717, 1.165) is 18.7 Å². The highest BCUT2D eigenvalue weighted by atomic mass is 19.1. The fourth-order valence-corrected chi connectivity index (χ4v) is 2.82. The molecule has 1 aliphatic heterocycles. The molecule has 0 bridgehead atoms. The lowest BCUT2D eigenvalue weighted by Crippen LogP contribution is -2.49. The highest BCUT2D eigenvalue weighted by molar-refractivity contribution is 5.90. The Morgan fingerprint density at radius 3 is 2.65 bits per heavy atom.